The molecule has 0 unspecified atom stereocenters. The molecule has 0 saturated carbocycles. The molecule has 6 nitrogen and oxygen atoms in total. The molecule has 0 atom stereocenters. The Bertz CT molecular complexity index is 910. The van der Waals surface area contributed by atoms with Crippen LogP contribution < -0.4 is 10.9 Å². The summed E-state index contributed by atoms with van der Waals surface area (Å²) in [5, 5.41) is 2.78. The van der Waals surface area contributed by atoms with Gasteiger partial charge in [0.15, 0.2) is 5.76 Å². The molecule has 0 saturated heterocycles. The van der Waals surface area contributed by atoms with E-state index in [0.717, 1.165) is 0 Å². The van der Waals surface area contributed by atoms with E-state index in [1.54, 1.807) is 12.1 Å². The number of aromatic nitrogens is 2. The van der Waals surface area contributed by atoms with Crippen molar-refractivity contribution >= 4 is 11.6 Å². The lowest BCUT2D eigenvalue weighted by molar-refractivity contribution is -0.116. The summed E-state index contributed by atoms with van der Waals surface area (Å²) < 4.78 is 6.47. The summed E-state index contributed by atoms with van der Waals surface area (Å²) in [7, 11) is 0. The summed E-state index contributed by atoms with van der Waals surface area (Å²) in [5.74, 6) is 0.660. The molecule has 0 aliphatic heterocycles. The molecule has 0 fully saturated rings. The predicted molar refractivity (Wildman–Crippen MR) is 95.4 cm³/mol. The van der Waals surface area contributed by atoms with Crippen LogP contribution in [0.1, 0.15) is 25.3 Å². The maximum absolute atomic E-state index is 12.1. The lowest BCUT2D eigenvalue weighted by Crippen LogP contribution is -2.27. The van der Waals surface area contributed by atoms with Crippen molar-refractivity contribution in [3.05, 3.63) is 71.0 Å². The molecule has 25 heavy (non-hydrogen) atoms. The molecule has 1 aromatic carbocycles. The second-order valence-corrected chi connectivity index (χ2v) is 6.04. The summed E-state index contributed by atoms with van der Waals surface area (Å²) in [6, 6.07) is 12.5. The van der Waals surface area contributed by atoms with Gasteiger partial charge in [-0.15, -0.1) is 0 Å². The Balaban J connectivity index is 1.67. The molecule has 0 spiro atoms. The summed E-state index contributed by atoms with van der Waals surface area (Å²) in [5.41, 5.74) is 2.03. The molecule has 3 rings (SSSR count). The Labute approximate surface area is 145 Å². The summed E-state index contributed by atoms with van der Waals surface area (Å²) >= 11 is 0. The highest BCUT2D eigenvalue weighted by Crippen LogP contribution is 2.17. The van der Waals surface area contributed by atoms with E-state index in [0.29, 0.717) is 23.1 Å². The van der Waals surface area contributed by atoms with Crippen LogP contribution in [0, 0.1) is 0 Å². The maximum Gasteiger partial charge on any atom is 0.254 e. The van der Waals surface area contributed by atoms with Gasteiger partial charge in [0.05, 0.1) is 12.6 Å². The molecule has 0 bridgehead atoms. The minimum atomic E-state index is -0.313. The van der Waals surface area contributed by atoms with E-state index in [1.807, 2.05) is 24.3 Å². The number of hydrogen-bond acceptors (Lipinski definition) is 4. The highest BCUT2D eigenvalue weighted by atomic mass is 16.3. The number of hydrogen-bond donors (Lipinski definition) is 1. The Morgan fingerprint density at radius 1 is 1.24 bits per heavy atom. The number of carbonyl (C=O) groups excluding carboxylic acids is 1. The number of anilines is 1. The van der Waals surface area contributed by atoms with Crippen molar-refractivity contribution in [2.75, 3.05) is 5.32 Å². The highest BCUT2D eigenvalue weighted by molar-refractivity contribution is 5.90. The first kappa shape index (κ1) is 16.7. The van der Waals surface area contributed by atoms with Crippen LogP contribution in [0.5, 0.6) is 0 Å². The third-order valence-corrected chi connectivity index (χ3v) is 3.83. The largest absolute Gasteiger partial charge is 0.463 e. The molecule has 2 heterocycles. The molecule has 1 N–H and O–H groups in total. The zero-order chi connectivity index (χ0) is 17.8. The molecular weight excluding hydrogens is 318 g/mol. The van der Waals surface area contributed by atoms with Crippen molar-refractivity contribution < 1.29 is 9.21 Å². The zero-order valence-electron chi connectivity index (χ0n) is 14.1. The standard InChI is InChI=1S/C19H19N3O3/c1-13(2)14-5-7-15(8-6-14)21-18(23)11-22-12-20-16(10-19(22)24)17-4-3-9-25-17/h3-10,12-13H,11H2,1-2H3,(H,21,23). The second-order valence-electron chi connectivity index (χ2n) is 6.04. The summed E-state index contributed by atoms with van der Waals surface area (Å²) in [6.45, 7) is 4.12. The average molecular weight is 337 g/mol. The second kappa shape index (κ2) is 7.17. The van der Waals surface area contributed by atoms with Gasteiger partial charge in [-0.2, -0.15) is 0 Å². The summed E-state index contributed by atoms with van der Waals surface area (Å²) in [4.78, 5) is 28.5. The van der Waals surface area contributed by atoms with Crippen LogP contribution in [0.25, 0.3) is 11.5 Å². The van der Waals surface area contributed by atoms with E-state index < -0.39 is 0 Å². The third-order valence-electron chi connectivity index (χ3n) is 3.83. The number of furan rings is 1. The fraction of sp³-hybridized carbons (Fsp3) is 0.211. The Morgan fingerprint density at radius 2 is 2.00 bits per heavy atom. The van der Waals surface area contributed by atoms with E-state index >= 15 is 0 Å². The Hall–Kier alpha value is -3.15. The first-order valence-electron chi connectivity index (χ1n) is 8.03. The number of rotatable bonds is 5. The number of amides is 1. The Morgan fingerprint density at radius 3 is 2.60 bits per heavy atom. The van der Waals surface area contributed by atoms with Crippen molar-refractivity contribution in [1.29, 1.82) is 0 Å². The van der Waals surface area contributed by atoms with Crippen LogP contribution in [0.3, 0.4) is 0 Å². The molecule has 0 aliphatic carbocycles. The smallest absolute Gasteiger partial charge is 0.254 e. The summed E-state index contributed by atoms with van der Waals surface area (Å²) in [6.07, 6.45) is 2.86. The molecule has 1 amide bonds. The van der Waals surface area contributed by atoms with Crippen molar-refractivity contribution in [3.8, 4) is 11.5 Å². The molecule has 0 radical (unpaired) electrons. The van der Waals surface area contributed by atoms with Gasteiger partial charge in [0.2, 0.25) is 5.91 Å². The van der Waals surface area contributed by atoms with E-state index in [9.17, 15) is 9.59 Å². The van der Waals surface area contributed by atoms with Gasteiger partial charge in [-0.3, -0.25) is 14.2 Å². The quantitative estimate of drug-likeness (QED) is 0.775. The van der Waals surface area contributed by atoms with Crippen LogP contribution in [0.2, 0.25) is 0 Å². The van der Waals surface area contributed by atoms with Gasteiger partial charge >= 0.3 is 0 Å². The van der Waals surface area contributed by atoms with E-state index in [1.165, 1.54) is 28.8 Å². The van der Waals surface area contributed by atoms with Crippen LogP contribution in [-0.4, -0.2) is 15.5 Å². The molecule has 128 valence electrons. The van der Waals surface area contributed by atoms with Gasteiger partial charge in [-0.25, -0.2) is 4.98 Å². The molecule has 2 aromatic heterocycles. The molecule has 3 aromatic rings. The molecule has 6 heteroatoms. The maximum atomic E-state index is 12.1. The van der Waals surface area contributed by atoms with Gasteiger partial charge in [-0.05, 0) is 35.7 Å². The number of nitrogens with one attached hydrogen (secondary N) is 1. The van der Waals surface area contributed by atoms with Crippen molar-refractivity contribution in [3.63, 3.8) is 0 Å². The first-order valence-corrected chi connectivity index (χ1v) is 8.03. The minimum Gasteiger partial charge on any atom is -0.463 e. The minimum absolute atomic E-state index is 0.101. The highest BCUT2D eigenvalue weighted by Gasteiger charge is 2.09. The normalized spacial score (nSPS) is 10.8. The van der Waals surface area contributed by atoms with Gasteiger partial charge in [-0.1, -0.05) is 26.0 Å². The third kappa shape index (κ3) is 4.03. The topological polar surface area (TPSA) is 77.1 Å². The van der Waals surface area contributed by atoms with Gasteiger partial charge in [0.1, 0.15) is 12.2 Å². The monoisotopic (exact) mass is 337 g/mol. The lowest BCUT2D eigenvalue weighted by Gasteiger charge is -2.09. The van der Waals surface area contributed by atoms with E-state index in [4.69, 9.17) is 4.42 Å². The van der Waals surface area contributed by atoms with Crippen LogP contribution in [0.15, 0.2) is 64.3 Å². The average Bonchev–Trinajstić information content (AvgIpc) is 3.11. The van der Waals surface area contributed by atoms with Crippen LogP contribution in [-0.2, 0) is 11.3 Å². The first-order chi connectivity index (χ1) is 12.0. The Kier molecular flexibility index (Phi) is 4.79. The van der Waals surface area contributed by atoms with Crippen molar-refractivity contribution in [2.45, 2.75) is 26.3 Å². The molecule has 0 aliphatic rings. The predicted octanol–water partition coefficient (Wildman–Crippen LogP) is 3.27. The fourth-order valence-corrected chi connectivity index (χ4v) is 2.41. The van der Waals surface area contributed by atoms with Crippen molar-refractivity contribution in [2.24, 2.45) is 0 Å². The number of carbonyl (C=O) groups is 1. The van der Waals surface area contributed by atoms with Crippen LogP contribution >= 0.6 is 0 Å². The van der Waals surface area contributed by atoms with Gasteiger partial charge in [0.25, 0.3) is 5.56 Å². The van der Waals surface area contributed by atoms with Crippen molar-refractivity contribution in [1.82, 2.24) is 9.55 Å². The van der Waals surface area contributed by atoms with Crippen LogP contribution in [0.4, 0.5) is 5.69 Å². The van der Waals surface area contributed by atoms with E-state index in [-0.39, 0.29) is 18.0 Å². The fourth-order valence-electron chi connectivity index (χ4n) is 2.41. The molecular formula is C19H19N3O3. The zero-order valence-corrected chi connectivity index (χ0v) is 14.1. The number of benzene rings is 1. The van der Waals surface area contributed by atoms with Gasteiger partial charge < -0.3 is 9.73 Å². The van der Waals surface area contributed by atoms with E-state index in [2.05, 4.69) is 24.1 Å². The lowest BCUT2D eigenvalue weighted by atomic mass is 10.0. The van der Waals surface area contributed by atoms with Gasteiger partial charge in [0, 0.05) is 11.8 Å². The number of nitrogens with zero attached hydrogens (tertiary/aromatic N) is 2. The SMILES string of the molecule is CC(C)c1ccc(NC(=O)Cn2cnc(-c3ccco3)cc2=O)cc1.